The summed E-state index contributed by atoms with van der Waals surface area (Å²) in [6.07, 6.45) is 1.66. The molecule has 3 aromatic carbocycles. The number of rotatable bonds is 7. The van der Waals surface area contributed by atoms with Crippen LogP contribution in [0.2, 0.25) is 5.02 Å². The molecular weight excluding hydrogens is 472 g/mol. The summed E-state index contributed by atoms with van der Waals surface area (Å²) >= 11 is 5.89. The van der Waals surface area contributed by atoms with Gasteiger partial charge < -0.3 is 23.7 Å². The minimum absolute atomic E-state index is 0.0807. The molecule has 0 radical (unpaired) electrons. The molecule has 0 amide bonds. The van der Waals surface area contributed by atoms with Crippen LogP contribution >= 0.6 is 11.6 Å². The Hall–Kier alpha value is -3.97. The monoisotopic (exact) mass is 494 g/mol. The van der Waals surface area contributed by atoms with Gasteiger partial charge in [0.1, 0.15) is 11.5 Å². The van der Waals surface area contributed by atoms with Crippen LogP contribution in [0.1, 0.15) is 27.0 Å². The number of ether oxygens (including phenoxy) is 5. The highest BCUT2D eigenvalue weighted by Crippen LogP contribution is 2.42. The van der Waals surface area contributed by atoms with Crippen molar-refractivity contribution in [3.05, 3.63) is 81.6 Å². The molecule has 8 heteroatoms. The quantitative estimate of drug-likeness (QED) is 0.246. The Balaban J connectivity index is 1.59. The van der Waals surface area contributed by atoms with E-state index in [1.54, 1.807) is 55.5 Å². The molecule has 1 aliphatic heterocycles. The maximum atomic E-state index is 13.1. The number of carbonyl (C=O) groups excluding carboxylic acids is 2. The fourth-order valence-corrected chi connectivity index (χ4v) is 3.98. The van der Waals surface area contributed by atoms with E-state index in [1.165, 1.54) is 27.4 Å². The molecule has 0 bridgehead atoms. The van der Waals surface area contributed by atoms with Gasteiger partial charge in [0.15, 0.2) is 17.3 Å². The van der Waals surface area contributed by atoms with Crippen LogP contribution in [0.15, 0.2) is 54.3 Å². The molecule has 0 aromatic heterocycles. The Morgan fingerprint density at radius 1 is 0.971 bits per heavy atom. The molecule has 0 aliphatic carbocycles. The number of halogens is 1. The van der Waals surface area contributed by atoms with E-state index in [1.807, 2.05) is 0 Å². The van der Waals surface area contributed by atoms with Crippen molar-refractivity contribution in [2.45, 2.75) is 13.3 Å². The molecule has 0 N–H and O–H groups in total. The first-order valence-electron chi connectivity index (χ1n) is 10.7. The molecule has 35 heavy (non-hydrogen) atoms. The molecule has 0 atom stereocenters. The number of esters is 1. The smallest absolute Gasteiger partial charge is 0.315 e. The van der Waals surface area contributed by atoms with Gasteiger partial charge in [-0.25, -0.2) is 0 Å². The number of carbonyl (C=O) groups is 2. The number of hydrogen-bond donors (Lipinski definition) is 0. The molecule has 0 unspecified atom stereocenters. The van der Waals surface area contributed by atoms with E-state index in [0.29, 0.717) is 44.7 Å². The number of aryl methyl sites for hydroxylation is 1. The van der Waals surface area contributed by atoms with Crippen LogP contribution in [0, 0.1) is 6.92 Å². The predicted octanol–water partition coefficient (Wildman–Crippen LogP) is 5.44. The lowest BCUT2D eigenvalue weighted by Crippen LogP contribution is -2.11. The van der Waals surface area contributed by atoms with Crippen molar-refractivity contribution in [2.75, 3.05) is 21.3 Å². The third kappa shape index (κ3) is 4.95. The van der Waals surface area contributed by atoms with Crippen LogP contribution in [0.3, 0.4) is 0 Å². The van der Waals surface area contributed by atoms with Crippen molar-refractivity contribution in [1.82, 2.24) is 0 Å². The maximum Gasteiger partial charge on any atom is 0.315 e. The fourth-order valence-electron chi connectivity index (χ4n) is 3.85. The van der Waals surface area contributed by atoms with Crippen molar-refractivity contribution in [1.29, 1.82) is 0 Å². The van der Waals surface area contributed by atoms with Crippen LogP contribution < -0.4 is 23.7 Å². The van der Waals surface area contributed by atoms with Crippen LogP contribution in [0.25, 0.3) is 6.08 Å². The first kappa shape index (κ1) is 24.2. The first-order valence-corrected chi connectivity index (χ1v) is 11.1. The Bertz CT molecular complexity index is 1330. The fraction of sp³-hybridized carbons (Fsp3) is 0.185. The molecule has 1 aliphatic rings. The molecule has 0 saturated heterocycles. The van der Waals surface area contributed by atoms with Crippen molar-refractivity contribution in [2.24, 2.45) is 0 Å². The lowest BCUT2D eigenvalue weighted by atomic mass is 10.0. The van der Waals surface area contributed by atoms with E-state index >= 15 is 0 Å². The maximum absolute atomic E-state index is 13.1. The lowest BCUT2D eigenvalue weighted by molar-refractivity contribution is -0.133. The largest absolute Gasteiger partial charge is 0.493 e. The van der Waals surface area contributed by atoms with Gasteiger partial charge in [-0.05, 0) is 54.5 Å². The van der Waals surface area contributed by atoms with Crippen molar-refractivity contribution in [3.8, 4) is 28.7 Å². The lowest BCUT2D eigenvalue weighted by Gasteiger charge is -2.14. The zero-order chi connectivity index (χ0) is 25.1. The zero-order valence-electron chi connectivity index (χ0n) is 19.6. The highest BCUT2D eigenvalue weighted by Gasteiger charge is 2.31. The van der Waals surface area contributed by atoms with E-state index in [4.69, 9.17) is 35.3 Å². The summed E-state index contributed by atoms with van der Waals surface area (Å²) in [5.74, 6) is 1.29. The molecule has 0 saturated carbocycles. The van der Waals surface area contributed by atoms with Crippen LogP contribution in [0.4, 0.5) is 0 Å². The van der Waals surface area contributed by atoms with Crippen LogP contribution in [-0.2, 0) is 11.2 Å². The van der Waals surface area contributed by atoms with E-state index in [-0.39, 0.29) is 23.7 Å². The SMILES string of the molecule is COc1ccc(/C=C2\Oc3cc(OC(=O)Cc4ccc(Cl)cc4)cc(C)c3C2=O)c(OC)c1OC. The Kier molecular flexibility index (Phi) is 6.98. The van der Waals surface area contributed by atoms with Crippen molar-refractivity contribution >= 4 is 29.4 Å². The summed E-state index contributed by atoms with van der Waals surface area (Å²) in [4.78, 5) is 25.5. The van der Waals surface area contributed by atoms with Crippen molar-refractivity contribution < 1.29 is 33.3 Å². The van der Waals surface area contributed by atoms with Gasteiger partial charge in [0, 0.05) is 16.7 Å². The molecule has 1 heterocycles. The van der Waals surface area contributed by atoms with Gasteiger partial charge in [-0.3, -0.25) is 9.59 Å². The molecule has 4 rings (SSSR count). The third-order valence-electron chi connectivity index (χ3n) is 5.46. The highest BCUT2D eigenvalue weighted by molar-refractivity contribution is 6.30. The van der Waals surface area contributed by atoms with Gasteiger partial charge in [0.25, 0.3) is 0 Å². The summed E-state index contributed by atoms with van der Waals surface area (Å²) < 4.78 is 27.6. The number of benzene rings is 3. The van der Waals surface area contributed by atoms with Gasteiger partial charge in [-0.15, -0.1) is 0 Å². The number of fused-ring (bicyclic) bond motifs is 1. The molecule has 0 spiro atoms. The van der Waals surface area contributed by atoms with E-state index in [2.05, 4.69) is 0 Å². The van der Waals surface area contributed by atoms with Gasteiger partial charge in [-0.2, -0.15) is 0 Å². The van der Waals surface area contributed by atoms with E-state index < -0.39 is 5.97 Å². The molecule has 3 aromatic rings. The average molecular weight is 495 g/mol. The topological polar surface area (TPSA) is 80.3 Å². The minimum Gasteiger partial charge on any atom is -0.493 e. The molecule has 7 nitrogen and oxygen atoms in total. The zero-order valence-corrected chi connectivity index (χ0v) is 20.4. The van der Waals surface area contributed by atoms with Gasteiger partial charge in [-0.1, -0.05) is 23.7 Å². The van der Waals surface area contributed by atoms with Gasteiger partial charge in [0.2, 0.25) is 11.5 Å². The summed E-state index contributed by atoms with van der Waals surface area (Å²) in [6.45, 7) is 1.76. The second kappa shape index (κ2) is 10.1. The number of hydrogen-bond acceptors (Lipinski definition) is 7. The second-order valence-corrected chi connectivity index (χ2v) is 8.19. The van der Waals surface area contributed by atoms with Crippen LogP contribution in [0.5, 0.6) is 28.7 Å². The van der Waals surface area contributed by atoms with Crippen molar-refractivity contribution in [3.63, 3.8) is 0 Å². The molecule has 180 valence electrons. The first-order chi connectivity index (χ1) is 16.8. The second-order valence-electron chi connectivity index (χ2n) is 7.75. The molecule has 0 fully saturated rings. The summed E-state index contributed by atoms with van der Waals surface area (Å²) in [5.41, 5.74) is 2.39. The van der Waals surface area contributed by atoms with Crippen LogP contribution in [-0.4, -0.2) is 33.1 Å². The molecular formula is C27H23ClO7. The highest BCUT2D eigenvalue weighted by atomic mass is 35.5. The Morgan fingerprint density at radius 3 is 2.34 bits per heavy atom. The Labute approximate surface area is 207 Å². The summed E-state index contributed by atoms with van der Waals surface area (Å²) in [6, 6.07) is 13.6. The third-order valence-corrected chi connectivity index (χ3v) is 5.71. The standard InChI is InChI=1S/C27H23ClO7/c1-15-11-19(34-23(29)12-16-5-8-18(28)9-6-16)14-21-24(15)25(30)22(35-21)13-17-7-10-20(31-2)27(33-4)26(17)32-3/h5-11,13-14H,12H2,1-4H3/b22-13-. The number of methoxy groups -OCH3 is 3. The number of allylic oxidation sites excluding steroid dienone is 1. The predicted molar refractivity (Wildman–Crippen MR) is 131 cm³/mol. The van der Waals surface area contributed by atoms with E-state index in [0.717, 1.165) is 5.56 Å². The average Bonchev–Trinajstić information content (AvgIpc) is 3.15. The number of Topliss-reactive ketones (excluding diaryl/α,β-unsaturated/α-hetero) is 1. The number of ketones is 1. The van der Waals surface area contributed by atoms with Gasteiger partial charge >= 0.3 is 5.97 Å². The minimum atomic E-state index is -0.443. The van der Waals surface area contributed by atoms with Gasteiger partial charge in [0.05, 0.1) is 33.3 Å². The Morgan fingerprint density at radius 2 is 1.69 bits per heavy atom. The summed E-state index contributed by atoms with van der Waals surface area (Å²) in [7, 11) is 4.53. The van der Waals surface area contributed by atoms with E-state index in [9.17, 15) is 9.59 Å². The summed E-state index contributed by atoms with van der Waals surface area (Å²) in [5, 5.41) is 0.591. The normalized spacial score (nSPS) is 13.3.